The number of thiophene rings is 1. The Bertz CT molecular complexity index is 1460. The van der Waals surface area contributed by atoms with Gasteiger partial charge in [0.25, 0.3) is 0 Å². The molecule has 0 amide bonds. The summed E-state index contributed by atoms with van der Waals surface area (Å²) in [5.41, 5.74) is 5.07. The minimum absolute atomic E-state index is 0.720. The van der Waals surface area contributed by atoms with E-state index in [1.165, 1.54) is 0 Å². The number of rotatable bonds is 4. The molecule has 0 bridgehead atoms. The third-order valence-corrected chi connectivity index (χ3v) is 8.03. The van der Waals surface area contributed by atoms with Crippen molar-refractivity contribution >= 4 is 55.3 Å². The molecule has 0 unspecified atom stereocenters. The highest BCUT2D eigenvalue weighted by Crippen LogP contribution is 2.45. The van der Waals surface area contributed by atoms with Crippen molar-refractivity contribution in [1.82, 2.24) is 20.2 Å². The van der Waals surface area contributed by atoms with Crippen molar-refractivity contribution in [2.75, 3.05) is 48.5 Å². The zero-order valence-electron chi connectivity index (χ0n) is 19.1. The van der Waals surface area contributed by atoms with Crippen molar-refractivity contribution in [3.8, 4) is 22.4 Å². The molecule has 6 nitrogen and oxygen atoms in total. The minimum Gasteiger partial charge on any atom is -0.354 e. The number of benzene rings is 2. The summed E-state index contributed by atoms with van der Waals surface area (Å²) in [5, 5.41) is 10.5. The van der Waals surface area contributed by atoms with Gasteiger partial charge in [0.2, 0.25) is 5.95 Å². The summed E-state index contributed by atoms with van der Waals surface area (Å²) in [7, 11) is 4.00. The van der Waals surface area contributed by atoms with E-state index in [4.69, 9.17) is 20.2 Å². The molecule has 2 aromatic carbocycles. The lowest BCUT2D eigenvalue weighted by Crippen LogP contribution is -2.33. The lowest BCUT2D eigenvalue weighted by Gasteiger charge is -2.28. The minimum atomic E-state index is 0.720. The first-order chi connectivity index (χ1) is 16.7. The van der Waals surface area contributed by atoms with Gasteiger partial charge in [-0.2, -0.15) is 16.7 Å². The second-order valence-electron chi connectivity index (χ2n) is 8.46. The summed E-state index contributed by atoms with van der Waals surface area (Å²) in [5.74, 6) is 3.96. The third-order valence-electron chi connectivity index (χ3n) is 6.03. The van der Waals surface area contributed by atoms with E-state index in [-0.39, 0.29) is 0 Å². The molecule has 0 saturated carbocycles. The van der Waals surface area contributed by atoms with E-state index in [1.807, 2.05) is 55.0 Å². The normalized spacial score (nSPS) is 14.1. The summed E-state index contributed by atoms with van der Waals surface area (Å²) in [6, 6.07) is 20.8. The Morgan fingerprint density at radius 1 is 0.824 bits per heavy atom. The maximum Gasteiger partial charge on any atom is 0.227 e. The van der Waals surface area contributed by atoms with Crippen molar-refractivity contribution in [1.29, 1.82) is 0 Å². The maximum atomic E-state index is 5.06. The average molecular weight is 485 g/mol. The first-order valence-corrected chi connectivity index (χ1v) is 13.3. The molecular formula is C26H24N6S2. The van der Waals surface area contributed by atoms with Crippen molar-refractivity contribution in [2.24, 2.45) is 0 Å². The lowest BCUT2D eigenvalue weighted by molar-refractivity contribution is 0.839. The molecule has 1 aliphatic rings. The molecule has 0 spiro atoms. The fourth-order valence-electron chi connectivity index (χ4n) is 4.37. The Balaban J connectivity index is 1.72. The SMILES string of the molecule is CN(C)c1nc(N2CCSCC2)c2sc3nnc(-c4ccccc4)c(-c4ccccc4)c3c2n1. The van der Waals surface area contributed by atoms with Gasteiger partial charge in [0.15, 0.2) is 5.82 Å². The van der Waals surface area contributed by atoms with E-state index in [0.29, 0.717) is 0 Å². The quantitative estimate of drug-likeness (QED) is 0.330. The van der Waals surface area contributed by atoms with Crippen LogP contribution in [0.25, 0.3) is 42.8 Å². The number of anilines is 2. The zero-order valence-corrected chi connectivity index (χ0v) is 20.7. The summed E-state index contributed by atoms with van der Waals surface area (Å²) in [6.07, 6.45) is 0. The second kappa shape index (κ2) is 8.85. The van der Waals surface area contributed by atoms with E-state index in [0.717, 1.165) is 79.2 Å². The fourth-order valence-corrected chi connectivity index (χ4v) is 6.36. The molecule has 6 rings (SSSR count). The van der Waals surface area contributed by atoms with Gasteiger partial charge in [-0.15, -0.1) is 21.5 Å². The van der Waals surface area contributed by atoms with Gasteiger partial charge in [0.1, 0.15) is 10.5 Å². The number of hydrogen-bond acceptors (Lipinski definition) is 8. The highest BCUT2D eigenvalue weighted by Gasteiger charge is 2.25. The van der Waals surface area contributed by atoms with Crippen LogP contribution in [-0.4, -0.2) is 58.9 Å². The highest BCUT2D eigenvalue weighted by atomic mass is 32.2. The summed E-state index contributed by atoms with van der Waals surface area (Å²) < 4.78 is 1.09. The molecule has 0 atom stereocenters. The first-order valence-electron chi connectivity index (χ1n) is 11.3. The van der Waals surface area contributed by atoms with E-state index >= 15 is 0 Å². The van der Waals surface area contributed by atoms with Crippen molar-refractivity contribution < 1.29 is 0 Å². The number of hydrogen-bond donors (Lipinski definition) is 0. The molecule has 1 aliphatic heterocycles. The van der Waals surface area contributed by atoms with Crippen LogP contribution in [0.5, 0.6) is 0 Å². The molecule has 0 radical (unpaired) electrons. The summed E-state index contributed by atoms with van der Waals surface area (Å²) >= 11 is 3.65. The molecule has 5 aromatic rings. The van der Waals surface area contributed by atoms with Crippen LogP contribution in [0.15, 0.2) is 60.7 Å². The van der Waals surface area contributed by atoms with Gasteiger partial charge in [-0.05, 0) is 5.56 Å². The van der Waals surface area contributed by atoms with Crippen LogP contribution in [0.4, 0.5) is 11.8 Å². The molecular weight excluding hydrogens is 460 g/mol. The summed E-state index contributed by atoms with van der Waals surface area (Å²) in [4.78, 5) is 15.3. The molecule has 4 heterocycles. The number of thioether (sulfide) groups is 1. The van der Waals surface area contributed by atoms with Gasteiger partial charge in [-0.3, -0.25) is 0 Å². The van der Waals surface area contributed by atoms with Gasteiger partial charge < -0.3 is 9.80 Å². The average Bonchev–Trinajstić information content (AvgIpc) is 3.28. The summed E-state index contributed by atoms with van der Waals surface area (Å²) in [6.45, 7) is 1.98. The molecule has 34 heavy (non-hydrogen) atoms. The van der Waals surface area contributed by atoms with Crippen LogP contribution < -0.4 is 9.80 Å². The molecule has 0 aliphatic carbocycles. The van der Waals surface area contributed by atoms with Gasteiger partial charge in [-0.1, -0.05) is 60.7 Å². The van der Waals surface area contributed by atoms with E-state index < -0.39 is 0 Å². The van der Waals surface area contributed by atoms with Crippen molar-refractivity contribution in [3.63, 3.8) is 0 Å². The topological polar surface area (TPSA) is 58.0 Å². The van der Waals surface area contributed by atoms with Crippen molar-refractivity contribution in [2.45, 2.75) is 0 Å². The van der Waals surface area contributed by atoms with E-state index in [9.17, 15) is 0 Å². The molecule has 1 saturated heterocycles. The van der Waals surface area contributed by atoms with Crippen LogP contribution >= 0.6 is 23.1 Å². The molecule has 0 N–H and O–H groups in total. The Morgan fingerprint density at radius 3 is 2.18 bits per heavy atom. The van der Waals surface area contributed by atoms with Gasteiger partial charge in [-0.25, -0.2) is 4.98 Å². The number of fused-ring (bicyclic) bond motifs is 3. The monoisotopic (exact) mass is 484 g/mol. The van der Waals surface area contributed by atoms with Gasteiger partial charge >= 0.3 is 0 Å². The smallest absolute Gasteiger partial charge is 0.227 e. The number of nitrogens with zero attached hydrogens (tertiary/aromatic N) is 6. The van der Waals surface area contributed by atoms with Crippen LogP contribution in [-0.2, 0) is 0 Å². The first kappa shape index (κ1) is 21.3. The van der Waals surface area contributed by atoms with Gasteiger partial charge in [0.05, 0.1) is 10.2 Å². The van der Waals surface area contributed by atoms with Crippen LogP contribution in [0.3, 0.4) is 0 Å². The molecule has 1 fully saturated rings. The Kier molecular flexibility index (Phi) is 5.55. The third kappa shape index (κ3) is 3.67. The zero-order chi connectivity index (χ0) is 23.1. The Morgan fingerprint density at radius 2 is 1.50 bits per heavy atom. The fraction of sp³-hybridized carbons (Fsp3) is 0.231. The predicted molar refractivity (Wildman–Crippen MR) is 145 cm³/mol. The largest absolute Gasteiger partial charge is 0.354 e. The standard InChI is InChI=1S/C26H24N6S2/c1-31(2)26-27-22-20-19(17-9-5-3-6-10-17)21(18-11-7-4-8-12-18)29-30-25(20)34-23(22)24(28-26)32-13-15-33-16-14-32/h3-12H,13-16H2,1-2H3. The van der Waals surface area contributed by atoms with Gasteiger partial charge in [0, 0.05) is 55.2 Å². The second-order valence-corrected chi connectivity index (χ2v) is 10.7. The van der Waals surface area contributed by atoms with E-state index in [2.05, 4.69) is 41.3 Å². The number of aromatic nitrogens is 4. The molecule has 8 heteroatoms. The molecule has 3 aromatic heterocycles. The Hall–Kier alpha value is -3.23. The van der Waals surface area contributed by atoms with Crippen molar-refractivity contribution in [3.05, 3.63) is 60.7 Å². The highest BCUT2D eigenvalue weighted by molar-refractivity contribution is 7.99. The van der Waals surface area contributed by atoms with Crippen LogP contribution in [0.2, 0.25) is 0 Å². The molecule has 170 valence electrons. The van der Waals surface area contributed by atoms with E-state index in [1.54, 1.807) is 11.3 Å². The van der Waals surface area contributed by atoms with Crippen LogP contribution in [0, 0.1) is 0 Å². The van der Waals surface area contributed by atoms with Crippen LogP contribution in [0.1, 0.15) is 0 Å². The predicted octanol–water partition coefficient (Wildman–Crippen LogP) is 5.59. The lowest BCUT2D eigenvalue weighted by atomic mass is 9.97. The maximum absolute atomic E-state index is 5.06. The Labute approximate surface area is 206 Å².